The minimum atomic E-state index is -0.178. The van der Waals surface area contributed by atoms with Crippen molar-refractivity contribution < 1.29 is 9.53 Å². The van der Waals surface area contributed by atoms with Gasteiger partial charge in [-0.15, -0.1) is 0 Å². The summed E-state index contributed by atoms with van der Waals surface area (Å²) in [4.78, 5) is 24.3. The number of ether oxygens (including phenoxy) is 1. The molecular weight excluding hydrogens is 517 g/mol. The van der Waals surface area contributed by atoms with E-state index in [4.69, 9.17) is 4.74 Å². The highest BCUT2D eigenvalue weighted by atomic mass is 127. The zero-order valence-corrected chi connectivity index (χ0v) is 20.1. The summed E-state index contributed by atoms with van der Waals surface area (Å²) in [6.07, 6.45) is 1.77. The number of amides is 1. The molecule has 2 N–H and O–H groups in total. The van der Waals surface area contributed by atoms with E-state index < -0.39 is 0 Å². The van der Waals surface area contributed by atoms with Crippen LogP contribution in [0.1, 0.15) is 16.1 Å². The Morgan fingerprint density at radius 3 is 2.75 bits per heavy atom. The summed E-state index contributed by atoms with van der Waals surface area (Å²) in [6, 6.07) is 15.3. The van der Waals surface area contributed by atoms with E-state index in [-0.39, 0.29) is 5.91 Å². The lowest BCUT2D eigenvalue weighted by Crippen LogP contribution is -2.39. The van der Waals surface area contributed by atoms with Crippen LogP contribution in [0.4, 0.5) is 11.5 Å². The van der Waals surface area contributed by atoms with Crippen molar-refractivity contribution in [3.63, 3.8) is 0 Å². The number of nitrogens with one attached hydrogen (secondary N) is 2. The van der Waals surface area contributed by atoms with E-state index in [1.165, 1.54) is 0 Å². The Bertz CT molecular complexity index is 1070. The first-order chi connectivity index (χ1) is 15.6. The molecule has 1 fully saturated rings. The molecule has 8 heteroatoms. The molecule has 7 nitrogen and oxygen atoms in total. The van der Waals surface area contributed by atoms with Gasteiger partial charge in [-0.25, -0.2) is 4.98 Å². The zero-order chi connectivity index (χ0) is 22.3. The number of hydrogen-bond donors (Lipinski definition) is 2. The molecule has 1 amide bonds. The number of benzene rings is 1. The van der Waals surface area contributed by atoms with E-state index in [1.807, 2.05) is 55.5 Å². The van der Waals surface area contributed by atoms with Gasteiger partial charge in [0.2, 0.25) is 0 Å². The first-order valence-electron chi connectivity index (χ1n) is 10.6. The quantitative estimate of drug-likeness (QED) is 0.438. The van der Waals surface area contributed by atoms with Gasteiger partial charge in [0.05, 0.1) is 30.2 Å². The second kappa shape index (κ2) is 10.8. The van der Waals surface area contributed by atoms with Crippen LogP contribution in [0.25, 0.3) is 11.3 Å². The summed E-state index contributed by atoms with van der Waals surface area (Å²) < 4.78 is 6.45. The Hall–Kier alpha value is -2.56. The standard InChI is InChI=1S/C24H26IN5O2/c1-17-19(6-8-23(28-17)27-10-11-30-12-14-32-15-13-30)24(31)29-18-5-7-21(25)20(16-18)22-4-2-3-9-26-22/h2-9,16H,10-15H2,1H3,(H,27,28)(H,29,31). The molecule has 3 heterocycles. The van der Waals surface area contributed by atoms with Gasteiger partial charge >= 0.3 is 0 Å². The van der Waals surface area contributed by atoms with Gasteiger partial charge in [0.15, 0.2) is 0 Å². The summed E-state index contributed by atoms with van der Waals surface area (Å²) in [7, 11) is 0. The molecule has 0 saturated carbocycles. The summed E-state index contributed by atoms with van der Waals surface area (Å²) in [5.41, 5.74) is 3.83. The molecule has 4 rings (SSSR count). The third-order valence-corrected chi connectivity index (χ3v) is 6.27. The van der Waals surface area contributed by atoms with Gasteiger partial charge in [0, 0.05) is 47.2 Å². The maximum absolute atomic E-state index is 12.9. The number of carbonyl (C=O) groups is 1. The van der Waals surface area contributed by atoms with Crippen LogP contribution in [0.2, 0.25) is 0 Å². The second-order valence-electron chi connectivity index (χ2n) is 7.57. The van der Waals surface area contributed by atoms with Gasteiger partial charge in [0.1, 0.15) is 5.82 Å². The monoisotopic (exact) mass is 543 g/mol. The number of morpholine rings is 1. The minimum Gasteiger partial charge on any atom is -0.379 e. The van der Waals surface area contributed by atoms with Crippen molar-refractivity contribution in [3.05, 3.63) is 69.6 Å². The van der Waals surface area contributed by atoms with Crippen molar-refractivity contribution >= 4 is 40.0 Å². The molecule has 0 bridgehead atoms. The van der Waals surface area contributed by atoms with Crippen molar-refractivity contribution in [2.75, 3.05) is 50.0 Å². The molecule has 1 aliphatic heterocycles. The molecule has 1 saturated heterocycles. The van der Waals surface area contributed by atoms with Crippen molar-refractivity contribution in [3.8, 4) is 11.3 Å². The number of carbonyl (C=O) groups excluding carboxylic acids is 1. The predicted molar refractivity (Wildman–Crippen MR) is 135 cm³/mol. The van der Waals surface area contributed by atoms with Gasteiger partial charge in [-0.1, -0.05) is 6.07 Å². The van der Waals surface area contributed by atoms with Crippen molar-refractivity contribution in [1.29, 1.82) is 0 Å². The van der Waals surface area contributed by atoms with Crippen LogP contribution in [0.15, 0.2) is 54.7 Å². The SMILES string of the molecule is Cc1nc(NCCN2CCOCC2)ccc1C(=O)Nc1ccc(I)c(-c2ccccn2)c1. The third-order valence-electron chi connectivity index (χ3n) is 5.33. The van der Waals surface area contributed by atoms with Gasteiger partial charge < -0.3 is 15.4 Å². The predicted octanol–water partition coefficient (Wildman–Crippen LogP) is 4.05. The lowest BCUT2D eigenvalue weighted by molar-refractivity contribution is 0.0398. The average Bonchev–Trinajstić information content (AvgIpc) is 2.81. The van der Waals surface area contributed by atoms with Crippen LogP contribution in [0, 0.1) is 10.5 Å². The van der Waals surface area contributed by atoms with Gasteiger partial charge in [0.25, 0.3) is 5.91 Å². The van der Waals surface area contributed by atoms with Crippen LogP contribution >= 0.6 is 22.6 Å². The van der Waals surface area contributed by atoms with E-state index in [0.717, 1.165) is 65.7 Å². The molecule has 2 aromatic heterocycles. The Morgan fingerprint density at radius 1 is 1.16 bits per heavy atom. The molecule has 0 atom stereocenters. The fraction of sp³-hybridized carbons (Fsp3) is 0.292. The summed E-state index contributed by atoms with van der Waals surface area (Å²) in [5, 5.41) is 6.34. The average molecular weight is 543 g/mol. The van der Waals surface area contributed by atoms with Crippen LogP contribution < -0.4 is 10.6 Å². The first-order valence-corrected chi connectivity index (χ1v) is 11.7. The van der Waals surface area contributed by atoms with Crippen LogP contribution in [0.5, 0.6) is 0 Å². The largest absolute Gasteiger partial charge is 0.379 e. The first kappa shape index (κ1) is 22.6. The highest BCUT2D eigenvalue weighted by Crippen LogP contribution is 2.27. The molecule has 3 aromatic rings. The molecule has 0 spiro atoms. The Morgan fingerprint density at radius 2 is 2.00 bits per heavy atom. The minimum absolute atomic E-state index is 0.178. The number of aromatic nitrogens is 2. The maximum Gasteiger partial charge on any atom is 0.257 e. The number of anilines is 2. The highest BCUT2D eigenvalue weighted by molar-refractivity contribution is 14.1. The summed E-state index contributed by atoms with van der Waals surface area (Å²) in [6.45, 7) is 7.13. The normalized spacial score (nSPS) is 14.2. The Labute approximate surface area is 201 Å². The number of pyridine rings is 2. The van der Waals surface area contributed by atoms with Gasteiger partial charge in [-0.3, -0.25) is 14.7 Å². The Balaban J connectivity index is 1.39. The van der Waals surface area contributed by atoms with Crippen LogP contribution in [-0.2, 0) is 4.74 Å². The van der Waals surface area contributed by atoms with Crippen molar-refractivity contribution in [2.24, 2.45) is 0 Å². The number of nitrogens with zero attached hydrogens (tertiary/aromatic N) is 3. The molecule has 0 radical (unpaired) electrons. The fourth-order valence-electron chi connectivity index (χ4n) is 3.59. The summed E-state index contributed by atoms with van der Waals surface area (Å²) in [5.74, 6) is 0.599. The molecule has 0 unspecified atom stereocenters. The van der Waals surface area contributed by atoms with E-state index in [9.17, 15) is 4.79 Å². The number of halogens is 1. The van der Waals surface area contributed by atoms with E-state index in [0.29, 0.717) is 11.3 Å². The van der Waals surface area contributed by atoms with Gasteiger partial charge in [-0.2, -0.15) is 0 Å². The molecule has 166 valence electrons. The van der Waals surface area contributed by atoms with Crippen molar-refractivity contribution in [2.45, 2.75) is 6.92 Å². The molecule has 1 aliphatic rings. The molecular formula is C24H26IN5O2. The van der Waals surface area contributed by atoms with E-state index in [1.54, 1.807) is 6.20 Å². The lowest BCUT2D eigenvalue weighted by atomic mass is 10.1. The second-order valence-corrected chi connectivity index (χ2v) is 8.74. The van der Waals surface area contributed by atoms with E-state index in [2.05, 4.69) is 48.1 Å². The maximum atomic E-state index is 12.9. The lowest BCUT2D eigenvalue weighted by Gasteiger charge is -2.26. The van der Waals surface area contributed by atoms with E-state index >= 15 is 0 Å². The number of aryl methyl sites for hydroxylation is 1. The Kier molecular flexibility index (Phi) is 7.67. The zero-order valence-electron chi connectivity index (χ0n) is 18.0. The summed E-state index contributed by atoms with van der Waals surface area (Å²) >= 11 is 2.28. The molecule has 0 aliphatic carbocycles. The third kappa shape index (κ3) is 5.81. The number of hydrogen-bond acceptors (Lipinski definition) is 6. The van der Waals surface area contributed by atoms with Crippen molar-refractivity contribution in [1.82, 2.24) is 14.9 Å². The topological polar surface area (TPSA) is 79.4 Å². The fourth-order valence-corrected chi connectivity index (χ4v) is 4.20. The highest BCUT2D eigenvalue weighted by Gasteiger charge is 2.14. The number of rotatable bonds is 7. The smallest absolute Gasteiger partial charge is 0.257 e. The molecule has 1 aromatic carbocycles. The van der Waals surface area contributed by atoms with Crippen LogP contribution in [0.3, 0.4) is 0 Å². The van der Waals surface area contributed by atoms with Crippen LogP contribution in [-0.4, -0.2) is 60.2 Å². The van der Waals surface area contributed by atoms with Gasteiger partial charge in [-0.05, 0) is 72.0 Å². The molecule has 32 heavy (non-hydrogen) atoms.